The van der Waals surface area contributed by atoms with Crippen molar-refractivity contribution in [1.29, 1.82) is 31.6 Å². The average molecular weight is 663 g/mol. The second kappa shape index (κ2) is 12.9. The second-order valence-electron chi connectivity index (χ2n) is 12.0. The molecule has 4 N–H and O–H groups in total. The lowest BCUT2D eigenvalue weighted by Gasteiger charge is -2.16. The lowest BCUT2D eigenvalue weighted by molar-refractivity contribution is 1.45. The fourth-order valence-electron chi connectivity index (χ4n) is 6.84. The summed E-state index contributed by atoms with van der Waals surface area (Å²) in [6.07, 6.45) is 0. The third-order valence-corrected chi connectivity index (χ3v) is 9.19. The fraction of sp³-hybridized carbons (Fsp3) is 0. The van der Waals surface area contributed by atoms with Gasteiger partial charge in [-0.1, -0.05) is 54.6 Å². The van der Waals surface area contributed by atoms with Gasteiger partial charge in [-0.3, -0.25) is 0 Å². The van der Waals surface area contributed by atoms with E-state index in [1.54, 1.807) is 84.9 Å². The summed E-state index contributed by atoms with van der Waals surface area (Å²) in [4.78, 5) is 0. The smallest absolute Gasteiger partial charge is 0.100 e. The lowest BCUT2D eigenvalue weighted by Crippen LogP contribution is -2.02. The first-order valence-electron chi connectivity index (χ1n) is 15.9. The van der Waals surface area contributed by atoms with Crippen LogP contribution in [0.1, 0.15) is 61.2 Å². The third-order valence-electron chi connectivity index (χ3n) is 9.19. The van der Waals surface area contributed by atoms with Crippen molar-refractivity contribution in [2.75, 3.05) is 5.73 Å². The zero-order valence-corrected chi connectivity index (χ0v) is 27.2. The number of nitrogens with two attached hydrogens (primary N) is 2. The highest BCUT2D eigenvalue weighted by Crippen LogP contribution is 2.52. The molecule has 0 unspecified atom stereocenters. The predicted molar refractivity (Wildman–Crippen MR) is 199 cm³/mol. The monoisotopic (exact) mass is 662 g/mol. The van der Waals surface area contributed by atoms with Crippen LogP contribution in [0.3, 0.4) is 0 Å². The molecule has 0 radical (unpaired) electrons. The number of hydrogen-bond donors (Lipinski definition) is 2. The van der Waals surface area contributed by atoms with Gasteiger partial charge in [0.25, 0.3) is 0 Å². The highest BCUT2D eigenvalue weighted by Gasteiger charge is 2.34. The summed E-state index contributed by atoms with van der Waals surface area (Å²) in [6.45, 7) is 0. The van der Waals surface area contributed by atoms with Crippen LogP contribution >= 0.6 is 0 Å². The van der Waals surface area contributed by atoms with Crippen molar-refractivity contribution in [3.63, 3.8) is 0 Å². The van der Waals surface area contributed by atoms with E-state index in [9.17, 15) is 31.6 Å². The SMILES string of the molecule is N#CC1=C(c2cccc(C3=C(C#N)c4cc(N)ccc4/C3=C(/C#N)c3ccc(C#N)cc3)c2)/C(=C(\N)c2ccc(C#N)cc2)c2ccc(C#N)cc21. The van der Waals surface area contributed by atoms with Crippen LogP contribution in [-0.2, 0) is 0 Å². The molecule has 0 saturated heterocycles. The lowest BCUT2D eigenvalue weighted by atomic mass is 9.87. The maximum absolute atomic E-state index is 10.6. The number of rotatable bonds is 4. The Labute approximate surface area is 299 Å². The van der Waals surface area contributed by atoms with Crippen LogP contribution in [0.4, 0.5) is 5.69 Å². The highest BCUT2D eigenvalue weighted by molar-refractivity contribution is 6.32. The third kappa shape index (κ3) is 5.13. The van der Waals surface area contributed by atoms with Gasteiger partial charge in [-0.25, -0.2) is 0 Å². The van der Waals surface area contributed by atoms with E-state index < -0.39 is 0 Å². The van der Waals surface area contributed by atoms with Gasteiger partial charge in [-0.2, -0.15) is 31.6 Å². The molecule has 0 atom stereocenters. The van der Waals surface area contributed by atoms with Gasteiger partial charge in [0, 0.05) is 44.8 Å². The molecule has 7 rings (SSSR count). The topological polar surface area (TPSA) is 195 Å². The molecule has 0 aliphatic heterocycles. The second-order valence-corrected chi connectivity index (χ2v) is 12.0. The molecule has 8 heteroatoms. The van der Waals surface area contributed by atoms with E-state index >= 15 is 0 Å². The van der Waals surface area contributed by atoms with Gasteiger partial charge in [-0.15, -0.1) is 0 Å². The zero-order valence-electron chi connectivity index (χ0n) is 27.2. The summed E-state index contributed by atoms with van der Waals surface area (Å²) in [6, 6.07) is 44.7. The summed E-state index contributed by atoms with van der Waals surface area (Å²) in [5.74, 6) is 0. The number of hydrogen-bond acceptors (Lipinski definition) is 8. The summed E-state index contributed by atoms with van der Waals surface area (Å²) < 4.78 is 0. The molecule has 0 spiro atoms. The normalized spacial score (nSPS) is 14.5. The van der Waals surface area contributed by atoms with Crippen molar-refractivity contribution < 1.29 is 0 Å². The number of anilines is 1. The van der Waals surface area contributed by atoms with E-state index in [1.165, 1.54) is 0 Å². The van der Waals surface area contributed by atoms with Gasteiger partial charge < -0.3 is 11.5 Å². The first-order chi connectivity index (χ1) is 25.3. The Morgan fingerprint density at radius 2 is 0.962 bits per heavy atom. The van der Waals surface area contributed by atoms with Crippen LogP contribution in [0.2, 0.25) is 0 Å². The van der Waals surface area contributed by atoms with E-state index in [1.807, 2.05) is 24.3 Å². The van der Waals surface area contributed by atoms with Crippen LogP contribution in [0.15, 0.2) is 109 Å². The molecule has 52 heavy (non-hydrogen) atoms. The molecule has 0 amide bonds. The Balaban J connectivity index is 1.51. The van der Waals surface area contributed by atoms with Gasteiger partial charge in [0.05, 0.1) is 51.6 Å². The molecule has 5 aromatic rings. The molecule has 2 aliphatic carbocycles. The van der Waals surface area contributed by atoms with Crippen molar-refractivity contribution >= 4 is 50.4 Å². The van der Waals surface area contributed by atoms with Gasteiger partial charge in [0.15, 0.2) is 0 Å². The molecule has 0 bridgehead atoms. The van der Waals surface area contributed by atoms with Crippen molar-refractivity contribution in [3.05, 3.63) is 170 Å². The summed E-state index contributed by atoms with van der Waals surface area (Å²) in [5, 5.41) is 60.4. The predicted octanol–water partition coefficient (Wildman–Crippen LogP) is 8.04. The Hall–Kier alpha value is -8.40. The van der Waals surface area contributed by atoms with Crippen LogP contribution in [0, 0.1) is 68.0 Å². The molecule has 0 heterocycles. The minimum absolute atomic E-state index is 0.307. The summed E-state index contributed by atoms with van der Waals surface area (Å²) in [7, 11) is 0. The van der Waals surface area contributed by atoms with Crippen molar-refractivity contribution in [2.45, 2.75) is 0 Å². The first kappa shape index (κ1) is 32.2. The molecule has 0 saturated carbocycles. The van der Waals surface area contributed by atoms with Gasteiger partial charge in [-0.05, 0) is 88.0 Å². The molecule has 0 aromatic heterocycles. The number of nitrogens with zero attached hydrogens (tertiary/aromatic N) is 6. The quantitative estimate of drug-likeness (QED) is 0.142. The summed E-state index contributed by atoms with van der Waals surface area (Å²) in [5.41, 5.74) is 23.3. The fourth-order valence-corrected chi connectivity index (χ4v) is 6.84. The number of nitriles is 6. The number of fused-ring (bicyclic) bond motifs is 2. The maximum Gasteiger partial charge on any atom is 0.100 e. The average Bonchev–Trinajstić information content (AvgIpc) is 3.69. The Bertz CT molecular complexity index is 2790. The number of nitrogen functional groups attached to an aromatic ring is 1. The molecule has 5 aromatic carbocycles. The Morgan fingerprint density at radius 3 is 1.52 bits per heavy atom. The van der Waals surface area contributed by atoms with Gasteiger partial charge in [0.2, 0.25) is 0 Å². The van der Waals surface area contributed by atoms with E-state index in [2.05, 4.69) is 36.4 Å². The van der Waals surface area contributed by atoms with Gasteiger partial charge >= 0.3 is 0 Å². The van der Waals surface area contributed by atoms with E-state index in [0.29, 0.717) is 112 Å². The number of allylic oxidation sites excluding steroid dienone is 7. The molecule has 0 fully saturated rings. The van der Waals surface area contributed by atoms with E-state index in [0.717, 1.165) is 0 Å². The van der Waals surface area contributed by atoms with Gasteiger partial charge in [0.1, 0.15) is 18.2 Å². The van der Waals surface area contributed by atoms with Crippen LogP contribution < -0.4 is 11.5 Å². The highest BCUT2D eigenvalue weighted by atomic mass is 14.6. The van der Waals surface area contributed by atoms with Crippen LogP contribution in [-0.4, -0.2) is 0 Å². The molecular formula is C44H22N8. The minimum Gasteiger partial charge on any atom is -0.399 e. The summed E-state index contributed by atoms with van der Waals surface area (Å²) >= 11 is 0. The molecule has 238 valence electrons. The molecule has 2 aliphatic rings. The standard InChI is InChI=1S/C44H22N8/c45-19-25-4-9-28(10-5-25)37(22-48)42-33-15-13-32(51)18-36(33)39(24-50)40(42)30-2-1-3-31(17-30)41-38(23-49)35-16-27(21-47)8-14-34(35)43(41)44(52)29-11-6-26(20-46)7-12-29/h1-18H,51-52H2/b42-37+,44-43-. The first-order valence-corrected chi connectivity index (χ1v) is 15.9. The Morgan fingerprint density at radius 1 is 0.462 bits per heavy atom. The van der Waals surface area contributed by atoms with Crippen LogP contribution in [0.25, 0.3) is 44.7 Å². The number of benzene rings is 5. The van der Waals surface area contributed by atoms with Crippen molar-refractivity contribution in [2.24, 2.45) is 5.73 Å². The van der Waals surface area contributed by atoms with E-state index in [4.69, 9.17) is 11.5 Å². The molecular weight excluding hydrogens is 641 g/mol. The Kier molecular flexibility index (Phi) is 7.98. The van der Waals surface area contributed by atoms with Crippen molar-refractivity contribution in [3.8, 4) is 36.4 Å². The zero-order chi connectivity index (χ0) is 36.5. The van der Waals surface area contributed by atoms with Crippen molar-refractivity contribution in [1.82, 2.24) is 0 Å². The largest absolute Gasteiger partial charge is 0.399 e. The van der Waals surface area contributed by atoms with Crippen LogP contribution in [0.5, 0.6) is 0 Å². The van der Waals surface area contributed by atoms with E-state index in [-0.39, 0.29) is 0 Å². The minimum atomic E-state index is 0.307. The maximum atomic E-state index is 10.6. The molecule has 8 nitrogen and oxygen atoms in total.